The molecule has 0 aliphatic rings. The number of ether oxygens (including phenoxy) is 1. The Balaban J connectivity index is 0. The maximum Gasteiger partial charge on any atom is 0.506 e. The summed E-state index contributed by atoms with van der Waals surface area (Å²) >= 11 is 0. The molecule has 0 bridgehead atoms. The molecule has 1 unspecified atom stereocenters. The van der Waals surface area contributed by atoms with E-state index in [9.17, 15) is 4.79 Å². The van der Waals surface area contributed by atoms with Gasteiger partial charge in [0.25, 0.3) is 0 Å². The van der Waals surface area contributed by atoms with Crippen LogP contribution in [0.5, 0.6) is 0 Å². The molecule has 0 saturated heterocycles. The van der Waals surface area contributed by atoms with Gasteiger partial charge in [-0.05, 0) is 26.9 Å². The average Bonchev–Trinajstić information content (AvgIpc) is 1.97. The second-order valence-electron chi connectivity index (χ2n) is 3.01. The lowest BCUT2D eigenvalue weighted by molar-refractivity contribution is 0.0437. The third-order valence-corrected chi connectivity index (χ3v) is 1.62. The van der Waals surface area contributed by atoms with Gasteiger partial charge in [0.15, 0.2) is 0 Å². The van der Waals surface area contributed by atoms with Crippen LogP contribution in [0.4, 0.5) is 4.79 Å². The van der Waals surface area contributed by atoms with Crippen LogP contribution in [0, 0.1) is 0 Å². The van der Waals surface area contributed by atoms with Crippen LogP contribution in [0.15, 0.2) is 0 Å². The smallest absolute Gasteiger partial charge is 0.450 e. The highest BCUT2D eigenvalue weighted by Crippen LogP contribution is 2.04. The molecular weight excluding hydrogens is 194 g/mol. The molecule has 0 spiro atoms. The summed E-state index contributed by atoms with van der Waals surface area (Å²) in [5.41, 5.74) is 0. The maximum absolute atomic E-state index is 10.2. The van der Waals surface area contributed by atoms with Crippen molar-refractivity contribution in [3.05, 3.63) is 0 Å². The van der Waals surface area contributed by atoms with Gasteiger partial charge < -0.3 is 14.7 Å². The zero-order valence-electron chi connectivity index (χ0n) is 8.32. The molecule has 4 nitrogen and oxygen atoms in total. The summed E-state index contributed by atoms with van der Waals surface area (Å²) in [6, 6.07) is 0. The fourth-order valence-electron chi connectivity index (χ4n) is 0.891. The van der Waals surface area contributed by atoms with Crippen molar-refractivity contribution < 1.29 is 14.6 Å². The van der Waals surface area contributed by atoms with Crippen LogP contribution in [0.2, 0.25) is 0 Å². The molecule has 0 aromatic heterocycles. The Morgan fingerprint density at radius 2 is 2.08 bits per heavy atom. The minimum absolute atomic E-state index is 0. The Kier molecular flexibility index (Phi) is 9.39. The van der Waals surface area contributed by atoms with Gasteiger partial charge in [-0.2, -0.15) is 0 Å². The summed E-state index contributed by atoms with van der Waals surface area (Å²) in [4.78, 5) is 12.2. The van der Waals surface area contributed by atoms with Crippen LogP contribution >= 0.6 is 12.4 Å². The van der Waals surface area contributed by atoms with E-state index in [2.05, 4.69) is 4.74 Å². The Hall–Kier alpha value is -0.480. The van der Waals surface area contributed by atoms with E-state index in [4.69, 9.17) is 5.11 Å². The van der Waals surface area contributed by atoms with Crippen LogP contribution in [0.1, 0.15) is 19.8 Å². The standard InChI is InChI=1S/C8H17NO3.ClH/c1-4-7(12-8(10)11)5-6-9(2)3;/h7H,4-6H2,1-3H3,(H,10,11);1H. The van der Waals surface area contributed by atoms with Crippen molar-refractivity contribution in [2.75, 3.05) is 20.6 Å². The zero-order chi connectivity index (χ0) is 9.56. The predicted octanol–water partition coefficient (Wildman–Crippen LogP) is 1.83. The van der Waals surface area contributed by atoms with Crippen molar-refractivity contribution in [1.29, 1.82) is 0 Å². The second-order valence-corrected chi connectivity index (χ2v) is 3.01. The molecule has 0 aromatic carbocycles. The SMILES string of the molecule is CCC(CCN(C)C)OC(=O)O.Cl. The third-order valence-electron chi connectivity index (χ3n) is 1.62. The number of carboxylic acid groups (broad SMARTS) is 1. The van der Waals surface area contributed by atoms with Gasteiger partial charge in [-0.3, -0.25) is 0 Å². The number of hydrogen-bond acceptors (Lipinski definition) is 3. The molecule has 0 saturated carbocycles. The molecule has 80 valence electrons. The molecule has 5 heteroatoms. The summed E-state index contributed by atoms with van der Waals surface area (Å²) in [5.74, 6) is 0. The predicted molar refractivity (Wildman–Crippen MR) is 53.6 cm³/mol. The van der Waals surface area contributed by atoms with E-state index >= 15 is 0 Å². The highest BCUT2D eigenvalue weighted by atomic mass is 35.5. The van der Waals surface area contributed by atoms with E-state index in [-0.39, 0.29) is 18.5 Å². The summed E-state index contributed by atoms with van der Waals surface area (Å²) in [6.07, 6.45) is 0.154. The minimum Gasteiger partial charge on any atom is -0.450 e. The maximum atomic E-state index is 10.2. The van der Waals surface area contributed by atoms with Gasteiger partial charge >= 0.3 is 6.16 Å². The Bertz CT molecular complexity index is 141. The van der Waals surface area contributed by atoms with Crippen LogP contribution in [0.25, 0.3) is 0 Å². The first-order valence-electron chi connectivity index (χ1n) is 4.10. The van der Waals surface area contributed by atoms with Gasteiger partial charge in [0.05, 0.1) is 0 Å². The first-order chi connectivity index (χ1) is 5.56. The lowest BCUT2D eigenvalue weighted by atomic mass is 10.2. The Morgan fingerprint density at radius 3 is 2.38 bits per heavy atom. The summed E-state index contributed by atoms with van der Waals surface area (Å²) < 4.78 is 4.64. The van der Waals surface area contributed by atoms with Crippen molar-refractivity contribution in [3.8, 4) is 0 Å². The van der Waals surface area contributed by atoms with Crippen molar-refractivity contribution in [2.24, 2.45) is 0 Å². The summed E-state index contributed by atoms with van der Waals surface area (Å²) in [7, 11) is 3.90. The molecule has 0 fully saturated rings. The number of nitrogens with zero attached hydrogens (tertiary/aromatic N) is 1. The van der Waals surface area contributed by atoms with E-state index in [0.717, 1.165) is 19.4 Å². The normalized spacial score (nSPS) is 12.0. The van der Waals surface area contributed by atoms with Gasteiger partial charge in [-0.1, -0.05) is 6.92 Å². The lowest BCUT2D eigenvalue weighted by Crippen LogP contribution is -2.22. The molecule has 0 aromatic rings. The number of carbonyl (C=O) groups is 1. The Morgan fingerprint density at radius 1 is 1.54 bits per heavy atom. The van der Waals surface area contributed by atoms with Crippen LogP contribution in [-0.4, -0.2) is 42.9 Å². The molecule has 0 radical (unpaired) electrons. The first-order valence-corrected chi connectivity index (χ1v) is 4.10. The van der Waals surface area contributed by atoms with E-state index < -0.39 is 6.16 Å². The van der Waals surface area contributed by atoms with Crippen molar-refractivity contribution >= 4 is 18.6 Å². The van der Waals surface area contributed by atoms with Crippen LogP contribution in [0.3, 0.4) is 0 Å². The monoisotopic (exact) mass is 211 g/mol. The minimum atomic E-state index is -1.18. The molecule has 0 heterocycles. The van der Waals surface area contributed by atoms with Crippen LogP contribution < -0.4 is 0 Å². The third kappa shape index (κ3) is 9.43. The first kappa shape index (κ1) is 15.0. The molecule has 1 atom stereocenters. The quantitative estimate of drug-likeness (QED) is 0.705. The topological polar surface area (TPSA) is 49.8 Å². The lowest BCUT2D eigenvalue weighted by Gasteiger charge is -2.16. The Labute approximate surface area is 85.3 Å². The summed E-state index contributed by atoms with van der Waals surface area (Å²) in [5, 5.41) is 8.34. The van der Waals surface area contributed by atoms with Gasteiger partial charge in [0, 0.05) is 6.54 Å². The van der Waals surface area contributed by atoms with E-state index in [0.29, 0.717) is 0 Å². The fraction of sp³-hybridized carbons (Fsp3) is 0.875. The van der Waals surface area contributed by atoms with Gasteiger partial charge in [0.1, 0.15) is 6.10 Å². The fourth-order valence-corrected chi connectivity index (χ4v) is 0.891. The van der Waals surface area contributed by atoms with Gasteiger partial charge in [-0.25, -0.2) is 4.79 Å². The number of rotatable bonds is 5. The zero-order valence-corrected chi connectivity index (χ0v) is 9.13. The molecule has 1 N–H and O–H groups in total. The van der Waals surface area contributed by atoms with E-state index in [1.165, 1.54) is 0 Å². The molecular formula is C8H18ClNO3. The number of hydrogen-bond donors (Lipinski definition) is 1. The van der Waals surface area contributed by atoms with Crippen molar-refractivity contribution in [3.63, 3.8) is 0 Å². The molecule has 0 aliphatic carbocycles. The largest absolute Gasteiger partial charge is 0.506 e. The second kappa shape index (κ2) is 8.13. The molecule has 0 aliphatic heterocycles. The van der Waals surface area contributed by atoms with E-state index in [1.807, 2.05) is 25.9 Å². The van der Waals surface area contributed by atoms with E-state index in [1.54, 1.807) is 0 Å². The van der Waals surface area contributed by atoms with Gasteiger partial charge in [0.2, 0.25) is 0 Å². The molecule has 0 rings (SSSR count). The van der Waals surface area contributed by atoms with Crippen LogP contribution in [-0.2, 0) is 4.74 Å². The van der Waals surface area contributed by atoms with Gasteiger partial charge in [-0.15, -0.1) is 12.4 Å². The highest BCUT2D eigenvalue weighted by Gasteiger charge is 2.10. The molecule has 0 amide bonds. The number of halogens is 1. The average molecular weight is 212 g/mol. The van der Waals surface area contributed by atoms with Crippen molar-refractivity contribution in [2.45, 2.75) is 25.9 Å². The summed E-state index contributed by atoms with van der Waals surface area (Å²) in [6.45, 7) is 2.77. The van der Waals surface area contributed by atoms with Crippen molar-refractivity contribution in [1.82, 2.24) is 4.90 Å². The molecule has 13 heavy (non-hydrogen) atoms. The highest BCUT2D eigenvalue weighted by molar-refractivity contribution is 5.85.